The maximum absolute atomic E-state index is 13.5. The molecule has 4 heterocycles. The van der Waals surface area contributed by atoms with E-state index in [9.17, 15) is 4.79 Å². The number of aromatic nitrogens is 4. The summed E-state index contributed by atoms with van der Waals surface area (Å²) in [5.41, 5.74) is 3.72. The molecule has 4 rings (SSSR count). The van der Waals surface area contributed by atoms with Crippen molar-refractivity contribution in [3.63, 3.8) is 0 Å². The van der Waals surface area contributed by atoms with Gasteiger partial charge >= 0.3 is 0 Å². The Balaban J connectivity index is 1.68. The summed E-state index contributed by atoms with van der Waals surface area (Å²) in [4.78, 5) is 19.8. The van der Waals surface area contributed by atoms with Crippen LogP contribution in [0, 0.1) is 6.92 Å². The van der Waals surface area contributed by atoms with Crippen molar-refractivity contribution < 1.29 is 14.3 Å². The van der Waals surface area contributed by atoms with Gasteiger partial charge in [0.05, 0.1) is 37.6 Å². The molecule has 1 amide bonds. The molecule has 0 saturated heterocycles. The van der Waals surface area contributed by atoms with Crippen LogP contribution in [0.2, 0.25) is 0 Å². The van der Waals surface area contributed by atoms with Gasteiger partial charge < -0.3 is 18.9 Å². The molecule has 0 spiro atoms. The lowest BCUT2D eigenvalue weighted by Gasteiger charge is -2.30. The lowest BCUT2D eigenvalue weighted by Crippen LogP contribution is -2.40. The molecule has 27 heavy (non-hydrogen) atoms. The first-order valence-corrected chi connectivity index (χ1v) is 9.53. The third-order valence-corrected chi connectivity index (χ3v) is 5.46. The number of ether oxygens (including phenoxy) is 2. The van der Waals surface area contributed by atoms with E-state index < -0.39 is 0 Å². The van der Waals surface area contributed by atoms with Gasteiger partial charge in [-0.3, -0.25) is 9.48 Å². The lowest BCUT2D eigenvalue weighted by molar-refractivity contribution is -0.00721. The quantitative estimate of drug-likeness (QED) is 0.816. The normalized spacial score (nSPS) is 21.9. The van der Waals surface area contributed by atoms with Crippen LogP contribution < -0.4 is 0 Å². The Hall–Kier alpha value is -2.19. The van der Waals surface area contributed by atoms with Crippen LogP contribution in [-0.4, -0.2) is 56.5 Å². The fourth-order valence-corrected chi connectivity index (χ4v) is 4.11. The molecule has 0 fully saturated rings. The fraction of sp³-hybridized carbons (Fsp3) is 0.632. The molecule has 2 aromatic rings. The molecule has 8 nitrogen and oxygen atoms in total. The third-order valence-electron chi connectivity index (χ3n) is 5.46. The first kappa shape index (κ1) is 18.2. The van der Waals surface area contributed by atoms with Crippen LogP contribution >= 0.6 is 0 Å². The van der Waals surface area contributed by atoms with E-state index in [0.717, 1.165) is 29.3 Å². The van der Waals surface area contributed by atoms with E-state index in [2.05, 4.69) is 9.55 Å². The van der Waals surface area contributed by atoms with Gasteiger partial charge in [-0.25, -0.2) is 4.98 Å². The second-order valence-electron chi connectivity index (χ2n) is 7.42. The average molecular weight is 373 g/mol. The zero-order valence-electron chi connectivity index (χ0n) is 16.4. The summed E-state index contributed by atoms with van der Waals surface area (Å²) < 4.78 is 15.1. The molecule has 2 aliphatic heterocycles. The average Bonchev–Trinajstić information content (AvgIpc) is 3.20. The highest BCUT2D eigenvalue weighted by Crippen LogP contribution is 2.32. The number of carbonyl (C=O) groups excluding carboxylic acids is 1. The van der Waals surface area contributed by atoms with Gasteiger partial charge in [-0.1, -0.05) is 0 Å². The number of aryl methyl sites for hydroxylation is 1. The van der Waals surface area contributed by atoms with Gasteiger partial charge in [-0.05, 0) is 20.8 Å². The van der Waals surface area contributed by atoms with Crippen molar-refractivity contribution in [1.82, 2.24) is 24.2 Å². The molecule has 0 radical (unpaired) electrons. The van der Waals surface area contributed by atoms with Gasteiger partial charge in [0, 0.05) is 44.1 Å². The predicted molar refractivity (Wildman–Crippen MR) is 98.5 cm³/mol. The number of methoxy groups -OCH3 is 1. The maximum atomic E-state index is 13.5. The molecule has 2 aliphatic rings. The molecule has 2 atom stereocenters. The van der Waals surface area contributed by atoms with Gasteiger partial charge in [-0.2, -0.15) is 5.10 Å². The fourth-order valence-electron chi connectivity index (χ4n) is 4.11. The number of hydrogen-bond donors (Lipinski definition) is 0. The number of fused-ring (bicyclic) bond motifs is 2. The molecule has 0 N–H and O–H groups in total. The topological polar surface area (TPSA) is 74.4 Å². The Bertz CT molecular complexity index is 856. The number of amides is 1. The van der Waals surface area contributed by atoms with E-state index >= 15 is 0 Å². The summed E-state index contributed by atoms with van der Waals surface area (Å²) in [7, 11) is 1.66. The minimum Gasteiger partial charge on any atom is -0.383 e. The lowest BCUT2D eigenvalue weighted by atomic mass is 9.99. The van der Waals surface area contributed by atoms with Crippen molar-refractivity contribution in [2.75, 3.05) is 20.3 Å². The molecule has 0 unspecified atom stereocenters. The van der Waals surface area contributed by atoms with Gasteiger partial charge in [0.1, 0.15) is 11.5 Å². The molecule has 0 aromatic carbocycles. The Morgan fingerprint density at radius 3 is 2.96 bits per heavy atom. The Kier molecular flexibility index (Phi) is 4.77. The molecule has 0 aliphatic carbocycles. The van der Waals surface area contributed by atoms with E-state index in [4.69, 9.17) is 14.6 Å². The molecule has 0 saturated carbocycles. The number of hydrogen-bond acceptors (Lipinski definition) is 5. The molecular weight excluding hydrogens is 346 g/mol. The van der Waals surface area contributed by atoms with Crippen molar-refractivity contribution in [2.45, 2.75) is 59.0 Å². The van der Waals surface area contributed by atoms with Crippen LogP contribution in [0.4, 0.5) is 0 Å². The minimum atomic E-state index is -0.109. The summed E-state index contributed by atoms with van der Waals surface area (Å²) >= 11 is 0. The highest BCUT2D eigenvalue weighted by Gasteiger charge is 2.34. The number of imidazole rings is 1. The second-order valence-corrected chi connectivity index (χ2v) is 7.42. The van der Waals surface area contributed by atoms with Crippen molar-refractivity contribution >= 4 is 5.91 Å². The Labute approximate surface area is 159 Å². The van der Waals surface area contributed by atoms with Crippen LogP contribution in [0.1, 0.15) is 53.2 Å². The number of nitrogens with zero attached hydrogens (tertiary/aromatic N) is 5. The molecule has 0 bridgehead atoms. The summed E-state index contributed by atoms with van der Waals surface area (Å²) in [6, 6.07) is 0. The van der Waals surface area contributed by atoms with Crippen molar-refractivity contribution in [2.24, 2.45) is 0 Å². The van der Waals surface area contributed by atoms with Gasteiger partial charge in [0.25, 0.3) is 5.91 Å². The Morgan fingerprint density at radius 1 is 1.37 bits per heavy atom. The van der Waals surface area contributed by atoms with E-state index in [-0.39, 0.29) is 18.1 Å². The maximum Gasteiger partial charge on any atom is 0.272 e. The van der Waals surface area contributed by atoms with Crippen LogP contribution in [0.5, 0.6) is 0 Å². The molecule has 2 aromatic heterocycles. The van der Waals surface area contributed by atoms with E-state index in [1.165, 1.54) is 0 Å². The number of rotatable bonds is 4. The smallest absolute Gasteiger partial charge is 0.272 e. The van der Waals surface area contributed by atoms with E-state index in [1.807, 2.05) is 31.9 Å². The number of carbonyl (C=O) groups is 1. The van der Waals surface area contributed by atoms with Crippen LogP contribution in [0.15, 0.2) is 6.20 Å². The van der Waals surface area contributed by atoms with Gasteiger partial charge in [-0.15, -0.1) is 0 Å². The van der Waals surface area contributed by atoms with Crippen molar-refractivity contribution in [1.29, 1.82) is 0 Å². The highest BCUT2D eigenvalue weighted by molar-refractivity contribution is 5.94. The third kappa shape index (κ3) is 3.17. The minimum absolute atomic E-state index is 0.0213. The van der Waals surface area contributed by atoms with Crippen LogP contribution in [0.25, 0.3) is 0 Å². The molecule has 8 heteroatoms. The SMILES string of the molecule is COCCn1nc2c(c1C(=O)N1CCn3c(C)cnc3C1)C[C@H](C)O[C@@H]2C. The van der Waals surface area contributed by atoms with Crippen LogP contribution in [-0.2, 0) is 35.5 Å². The van der Waals surface area contributed by atoms with Crippen LogP contribution in [0.3, 0.4) is 0 Å². The Morgan fingerprint density at radius 2 is 2.19 bits per heavy atom. The van der Waals surface area contributed by atoms with Crippen molar-refractivity contribution in [3.8, 4) is 0 Å². The molecular formula is C19H27N5O3. The monoisotopic (exact) mass is 373 g/mol. The first-order valence-electron chi connectivity index (χ1n) is 9.53. The van der Waals surface area contributed by atoms with E-state index in [1.54, 1.807) is 11.8 Å². The standard InChI is InChI=1S/C19H27N5O3/c1-12-10-20-16-11-22(5-6-23(12)16)19(25)18-15-9-13(2)27-14(3)17(15)21-24(18)7-8-26-4/h10,13-14H,5-9,11H2,1-4H3/t13-,14+/m0/s1. The molecule has 146 valence electrons. The largest absolute Gasteiger partial charge is 0.383 e. The van der Waals surface area contributed by atoms with E-state index in [0.29, 0.717) is 38.4 Å². The second kappa shape index (κ2) is 7.09. The van der Waals surface area contributed by atoms with Gasteiger partial charge in [0.2, 0.25) is 0 Å². The van der Waals surface area contributed by atoms with Gasteiger partial charge in [0.15, 0.2) is 0 Å². The first-order chi connectivity index (χ1) is 13.0. The zero-order valence-corrected chi connectivity index (χ0v) is 16.4. The van der Waals surface area contributed by atoms with Crippen molar-refractivity contribution in [3.05, 3.63) is 34.7 Å². The summed E-state index contributed by atoms with van der Waals surface area (Å²) in [5.74, 6) is 0.960. The summed E-state index contributed by atoms with van der Waals surface area (Å²) in [5, 5.41) is 4.71. The summed E-state index contributed by atoms with van der Waals surface area (Å²) in [6.45, 7) is 9.12. The zero-order chi connectivity index (χ0) is 19.1. The summed E-state index contributed by atoms with van der Waals surface area (Å²) in [6.07, 6.45) is 2.54. The predicted octanol–water partition coefficient (Wildman–Crippen LogP) is 1.71. The highest BCUT2D eigenvalue weighted by atomic mass is 16.5.